The quantitative estimate of drug-likeness (QED) is 0.919. The van der Waals surface area contributed by atoms with Crippen molar-refractivity contribution < 1.29 is 4.79 Å². The molecular weight excluding hydrogens is 266 g/mol. The number of amides is 2. The first-order chi connectivity index (χ1) is 10.3. The Bertz CT molecular complexity index is 662. The first-order valence-corrected chi connectivity index (χ1v) is 7.34. The van der Waals surface area contributed by atoms with Gasteiger partial charge in [-0.1, -0.05) is 18.2 Å². The molecule has 108 valence electrons. The second-order valence-electron chi connectivity index (χ2n) is 5.62. The third-order valence-corrected chi connectivity index (χ3v) is 4.04. The van der Waals surface area contributed by atoms with Gasteiger partial charge in [-0.2, -0.15) is 0 Å². The van der Waals surface area contributed by atoms with E-state index < -0.39 is 0 Å². The number of hydrogen-bond donors (Lipinski definition) is 1. The second-order valence-corrected chi connectivity index (χ2v) is 5.62. The largest absolute Gasteiger partial charge is 0.322 e. The summed E-state index contributed by atoms with van der Waals surface area (Å²) in [7, 11) is 0. The smallest absolute Gasteiger partial charge is 0.315 e. The highest BCUT2D eigenvalue weighted by Gasteiger charge is 2.32. The highest BCUT2D eigenvalue weighted by atomic mass is 16.2. The molecule has 1 fully saturated rings. The molecule has 1 aliphatic heterocycles. The molecule has 0 bridgehead atoms. The Morgan fingerprint density at radius 1 is 1.14 bits per heavy atom. The van der Waals surface area contributed by atoms with Gasteiger partial charge in [-0.3, -0.25) is 0 Å². The van der Waals surface area contributed by atoms with Crippen LogP contribution in [0.2, 0.25) is 0 Å². The number of carbonyl (C=O) groups is 1. The molecule has 0 radical (unpaired) electrons. The number of fused-ring (bicyclic) bond motifs is 1. The first-order valence-electron chi connectivity index (χ1n) is 7.34. The van der Waals surface area contributed by atoms with Crippen molar-refractivity contribution in [3.8, 4) is 0 Å². The molecule has 2 aliphatic rings. The maximum atomic E-state index is 12.3. The van der Waals surface area contributed by atoms with E-state index in [-0.39, 0.29) is 6.03 Å². The molecule has 21 heavy (non-hydrogen) atoms. The van der Waals surface area contributed by atoms with E-state index in [0.29, 0.717) is 19.0 Å². The van der Waals surface area contributed by atoms with Crippen LogP contribution in [0.5, 0.6) is 0 Å². The predicted octanol–water partition coefficient (Wildman–Crippen LogP) is 2.20. The summed E-state index contributed by atoms with van der Waals surface area (Å²) < 4.78 is 2.18. The van der Waals surface area contributed by atoms with Crippen LogP contribution in [0.3, 0.4) is 0 Å². The molecule has 0 atom stereocenters. The number of aromatic nitrogens is 3. The van der Waals surface area contributed by atoms with E-state index in [1.807, 2.05) is 30.3 Å². The molecular formula is C15H17N5O. The highest BCUT2D eigenvalue weighted by molar-refractivity contribution is 5.89. The number of anilines is 1. The first kappa shape index (κ1) is 12.4. The van der Waals surface area contributed by atoms with Crippen LogP contribution in [0.15, 0.2) is 30.3 Å². The maximum Gasteiger partial charge on any atom is 0.322 e. The molecule has 2 aromatic rings. The van der Waals surface area contributed by atoms with Gasteiger partial charge in [-0.25, -0.2) is 4.79 Å². The van der Waals surface area contributed by atoms with Crippen molar-refractivity contribution in [1.29, 1.82) is 0 Å². The molecule has 2 heterocycles. The second kappa shape index (κ2) is 4.87. The monoisotopic (exact) mass is 283 g/mol. The summed E-state index contributed by atoms with van der Waals surface area (Å²) in [5.74, 6) is 2.59. The van der Waals surface area contributed by atoms with E-state index in [4.69, 9.17) is 0 Å². The average molecular weight is 283 g/mol. The number of nitrogens with zero attached hydrogens (tertiary/aromatic N) is 4. The Kier molecular flexibility index (Phi) is 2.87. The summed E-state index contributed by atoms with van der Waals surface area (Å²) in [6, 6.07) is 9.43. The highest BCUT2D eigenvalue weighted by Crippen LogP contribution is 2.39. The molecule has 1 aromatic carbocycles. The molecule has 2 amide bonds. The molecule has 0 unspecified atom stereocenters. The minimum atomic E-state index is -0.0802. The summed E-state index contributed by atoms with van der Waals surface area (Å²) in [4.78, 5) is 14.1. The van der Waals surface area contributed by atoms with Crippen LogP contribution < -0.4 is 5.32 Å². The molecule has 1 aliphatic carbocycles. The van der Waals surface area contributed by atoms with Gasteiger partial charge in [0.05, 0.1) is 6.54 Å². The number of benzene rings is 1. The minimum Gasteiger partial charge on any atom is -0.315 e. The number of nitrogens with one attached hydrogen (secondary N) is 1. The predicted molar refractivity (Wildman–Crippen MR) is 77.9 cm³/mol. The van der Waals surface area contributed by atoms with Gasteiger partial charge in [0.2, 0.25) is 0 Å². The standard InChI is InChI=1S/C15H17N5O/c21-15(16-12-4-2-1-3-5-12)19-8-9-20-13(10-19)17-18-14(20)11-6-7-11/h1-5,11H,6-10H2,(H,16,21). The van der Waals surface area contributed by atoms with Crippen molar-refractivity contribution in [3.63, 3.8) is 0 Å². The van der Waals surface area contributed by atoms with Crippen molar-refractivity contribution in [1.82, 2.24) is 19.7 Å². The summed E-state index contributed by atoms with van der Waals surface area (Å²) in [6.07, 6.45) is 2.44. The van der Waals surface area contributed by atoms with E-state index in [1.54, 1.807) is 4.90 Å². The van der Waals surface area contributed by atoms with Gasteiger partial charge in [0.15, 0.2) is 5.82 Å². The molecule has 1 N–H and O–H groups in total. The van der Waals surface area contributed by atoms with Gasteiger partial charge in [-0.05, 0) is 25.0 Å². The molecule has 6 nitrogen and oxygen atoms in total. The Morgan fingerprint density at radius 2 is 1.95 bits per heavy atom. The van der Waals surface area contributed by atoms with Crippen LogP contribution in [0.25, 0.3) is 0 Å². The third-order valence-electron chi connectivity index (χ3n) is 4.04. The fourth-order valence-electron chi connectivity index (χ4n) is 2.72. The zero-order chi connectivity index (χ0) is 14.2. The lowest BCUT2D eigenvalue weighted by molar-refractivity contribution is 0.195. The molecule has 1 saturated carbocycles. The minimum absolute atomic E-state index is 0.0802. The summed E-state index contributed by atoms with van der Waals surface area (Å²) in [6.45, 7) is 2.01. The molecule has 6 heteroatoms. The average Bonchev–Trinajstić information content (AvgIpc) is 3.27. The van der Waals surface area contributed by atoms with Gasteiger partial charge in [0.1, 0.15) is 5.82 Å². The normalized spacial score (nSPS) is 17.4. The Hall–Kier alpha value is -2.37. The van der Waals surface area contributed by atoms with Gasteiger partial charge in [0.25, 0.3) is 0 Å². The van der Waals surface area contributed by atoms with Crippen LogP contribution in [0.4, 0.5) is 10.5 Å². The van der Waals surface area contributed by atoms with Gasteiger partial charge in [0, 0.05) is 24.7 Å². The zero-order valence-corrected chi connectivity index (χ0v) is 11.7. The van der Waals surface area contributed by atoms with Crippen LogP contribution in [-0.4, -0.2) is 32.2 Å². The number of urea groups is 1. The SMILES string of the molecule is O=C(Nc1ccccc1)N1CCn2c(nnc2C2CC2)C1. The number of rotatable bonds is 2. The van der Waals surface area contributed by atoms with Crippen molar-refractivity contribution in [2.24, 2.45) is 0 Å². The fraction of sp³-hybridized carbons (Fsp3) is 0.400. The van der Waals surface area contributed by atoms with E-state index in [1.165, 1.54) is 12.8 Å². The van der Waals surface area contributed by atoms with Crippen molar-refractivity contribution >= 4 is 11.7 Å². The lowest BCUT2D eigenvalue weighted by Crippen LogP contribution is -2.41. The van der Waals surface area contributed by atoms with E-state index >= 15 is 0 Å². The Balaban J connectivity index is 1.46. The molecule has 0 saturated heterocycles. The number of para-hydroxylation sites is 1. The van der Waals surface area contributed by atoms with Crippen LogP contribution in [0, 0.1) is 0 Å². The topological polar surface area (TPSA) is 63.1 Å². The maximum absolute atomic E-state index is 12.3. The zero-order valence-electron chi connectivity index (χ0n) is 11.7. The molecule has 0 spiro atoms. The molecule has 1 aromatic heterocycles. The van der Waals surface area contributed by atoms with Crippen molar-refractivity contribution in [2.75, 3.05) is 11.9 Å². The van der Waals surface area contributed by atoms with E-state index in [0.717, 1.165) is 23.9 Å². The van der Waals surface area contributed by atoms with E-state index in [2.05, 4.69) is 20.1 Å². The van der Waals surface area contributed by atoms with Gasteiger partial charge >= 0.3 is 6.03 Å². The van der Waals surface area contributed by atoms with Crippen LogP contribution >= 0.6 is 0 Å². The van der Waals surface area contributed by atoms with Gasteiger partial charge in [-0.15, -0.1) is 10.2 Å². The number of carbonyl (C=O) groups excluding carboxylic acids is 1. The number of hydrogen-bond acceptors (Lipinski definition) is 3. The van der Waals surface area contributed by atoms with Crippen molar-refractivity contribution in [3.05, 3.63) is 42.0 Å². The van der Waals surface area contributed by atoms with Crippen LogP contribution in [0.1, 0.15) is 30.4 Å². The summed E-state index contributed by atoms with van der Waals surface area (Å²) in [5.41, 5.74) is 0.813. The lowest BCUT2D eigenvalue weighted by Gasteiger charge is -2.28. The molecule has 4 rings (SSSR count). The lowest BCUT2D eigenvalue weighted by atomic mass is 10.3. The third kappa shape index (κ3) is 2.37. The fourth-order valence-corrected chi connectivity index (χ4v) is 2.72. The van der Waals surface area contributed by atoms with Gasteiger partial charge < -0.3 is 14.8 Å². The Morgan fingerprint density at radius 3 is 2.71 bits per heavy atom. The summed E-state index contributed by atoms with van der Waals surface area (Å²) >= 11 is 0. The Labute approximate surface area is 122 Å². The summed E-state index contributed by atoms with van der Waals surface area (Å²) in [5, 5.41) is 11.5. The van der Waals surface area contributed by atoms with E-state index in [9.17, 15) is 4.79 Å². The van der Waals surface area contributed by atoms with Crippen molar-refractivity contribution in [2.45, 2.75) is 31.8 Å². The van der Waals surface area contributed by atoms with Crippen LogP contribution in [-0.2, 0) is 13.1 Å².